The number of nitrogens with one attached hydrogen (secondary N) is 1. The number of para-hydroxylation sites is 2. The van der Waals surface area contributed by atoms with Crippen molar-refractivity contribution in [1.29, 1.82) is 0 Å². The lowest BCUT2D eigenvalue weighted by Gasteiger charge is -2.09. The fraction of sp³-hybridized carbons (Fsp3) is 0.105. The van der Waals surface area contributed by atoms with E-state index in [4.69, 9.17) is 4.52 Å². The molecule has 0 unspecified atom stereocenters. The number of carbonyl (C=O) groups excluding carboxylic acids is 1. The minimum Gasteiger partial charge on any atom is -0.356 e. The van der Waals surface area contributed by atoms with Crippen molar-refractivity contribution < 1.29 is 9.32 Å². The van der Waals surface area contributed by atoms with E-state index < -0.39 is 0 Å². The Morgan fingerprint density at radius 1 is 1.16 bits per heavy atom. The van der Waals surface area contributed by atoms with E-state index in [-0.39, 0.29) is 12.3 Å². The first-order valence-corrected chi connectivity index (χ1v) is 8.73. The van der Waals surface area contributed by atoms with Gasteiger partial charge in [-0.05, 0) is 25.1 Å². The van der Waals surface area contributed by atoms with Gasteiger partial charge in [0, 0.05) is 16.3 Å². The molecule has 6 heteroatoms. The Hall–Kier alpha value is -2.99. The van der Waals surface area contributed by atoms with Gasteiger partial charge in [-0.15, -0.1) is 11.3 Å². The van der Waals surface area contributed by atoms with Crippen molar-refractivity contribution in [2.24, 2.45) is 0 Å². The van der Waals surface area contributed by atoms with Crippen molar-refractivity contribution >= 4 is 33.9 Å². The zero-order valence-electron chi connectivity index (χ0n) is 13.5. The Kier molecular flexibility index (Phi) is 4.03. The van der Waals surface area contributed by atoms with Crippen LogP contribution in [-0.2, 0) is 11.2 Å². The van der Waals surface area contributed by atoms with Gasteiger partial charge < -0.3 is 9.84 Å². The summed E-state index contributed by atoms with van der Waals surface area (Å²) >= 11 is 1.59. The van der Waals surface area contributed by atoms with Gasteiger partial charge >= 0.3 is 0 Å². The molecule has 0 aliphatic carbocycles. The predicted molar refractivity (Wildman–Crippen MR) is 98.6 cm³/mol. The number of thiazole rings is 1. The second-order valence-electron chi connectivity index (χ2n) is 5.65. The summed E-state index contributed by atoms with van der Waals surface area (Å²) in [5.41, 5.74) is 3.83. The minimum absolute atomic E-state index is 0.140. The van der Waals surface area contributed by atoms with Gasteiger partial charge in [-0.3, -0.25) is 4.79 Å². The largest absolute Gasteiger partial charge is 0.356 e. The molecule has 5 nitrogen and oxygen atoms in total. The summed E-state index contributed by atoms with van der Waals surface area (Å²) in [6, 6.07) is 15.2. The highest BCUT2D eigenvalue weighted by Crippen LogP contribution is 2.29. The van der Waals surface area contributed by atoms with Crippen molar-refractivity contribution in [1.82, 2.24) is 10.1 Å². The van der Waals surface area contributed by atoms with E-state index in [2.05, 4.69) is 15.5 Å². The monoisotopic (exact) mass is 349 g/mol. The average molecular weight is 349 g/mol. The molecule has 2 heterocycles. The molecule has 25 heavy (non-hydrogen) atoms. The molecule has 0 spiro atoms. The Morgan fingerprint density at radius 3 is 2.80 bits per heavy atom. The van der Waals surface area contributed by atoms with Crippen LogP contribution in [-0.4, -0.2) is 16.0 Å². The molecule has 1 amide bonds. The van der Waals surface area contributed by atoms with Crippen LogP contribution in [0.5, 0.6) is 0 Å². The Labute approximate surface area is 148 Å². The van der Waals surface area contributed by atoms with Crippen molar-refractivity contribution in [3.8, 4) is 11.3 Å². The lowest BCUT2D eigenvalue weighted by Crippen LogP contribution is -2.15. The highest BCUT2D eigenvalue weighted by molar-refractivity contribution is 7.09. The molecule has 0 aliphatic rings. The molecular formula is C19H15N3O2S. The number of anilines is 1. The smallest absolute Gasteiger partial charge is 0.230 e. The third-order valence-corrected chi connectivity index (χ3v) is 4.65. The Bertz CT molecular complexity index is 1050. The topological polar surface area (TPSA) is 68.0 Å². The third-order valence-electron chi connectivity index (χ3n) is 3.88. The second-order valence-corrected chi connectivity index (χ2v) is 6.71. The van der Waals surface area contributed by atoms with Gasteiger partial charge in [-0.1, -0.05) is 35.5 Å². The summed E-state index contributed by atoms with van der Waals surface area (Å²) in [5.74, 6) is -0.140. The molecular weight excluding hydrogens is 334 g/mol. The second kappa shape index (κ2) is 6.49. The van der Waals surface area contributed by atoms with Gasteiger partial charge in [-0.2, -0.15) is 0 Å². The predicted octanol–water partition coefficient (Wildman–Crippen LogP) is 4.44. The van der Waals surface area contributed by atoms with E-state index in [1.165, 1.54) is 0 Å². The number of carbonyl (C=O) groups is 1. The first kappa shape index (κ1) is 15.5. The van der Waals surface area contributed by atoms with E-state index >= 15 is 0 Å². The van der Waals surface area contributed by atoms with E-state index in [1.54, 1.807) is 11.3 Å². The van der Waals surface area contributed by atoms with Crippen LogP contribution in [0, 0.1) is 6.92 Å². The summed E-state index contributed by atoms with van der Waals surface area (Å²) in [4.78, 5) is 17.0. The number of hydrogen-bond donors (Lipinski definition) is 1. The van der Waals surface area contributed by atoms with Crippen molar-refractivity contribution in [2.75, 3.05) is 5.32 Å². The molecule has 2 aromatic carbocycles. The number of rotatable bonds is 4. The Balaban J connectivity index is 1.57. The van der Waals surface area contributed by atoms with Crippen LogP contribution >= 0.6 is 11.3 Å². The molecule has 4 aromatic rings. The molecule has 0 saturated carbocycles. The van der Waals surface area contributed by atoms with Crippen molar-refractivity contribution in [3.05, 3.63) is 64.6 Å². The summed E-state index contributed by atoms with van der Waals surface area (Å²) in [5, 5.41) is 10.8. The van der Waals surface area contributed by atoms with Gasteiger partial charge in [0.1, 0.15) is 5.69 Å². The number of amides is 1. The summed E-state index contributed by atoms with van der Waals surface area (Å²) in [6.45, 7) is 1.96. The SMILES string of the molecule is Cc1nc(-c2ccccc2NC(=O)Cc2noc3ccccc23)cs1. The van der Waals surface area contributed by atoms with Gasteiger partial charge in [-0.25, -0.2) is 4.98 Å². The van der Waals surface area contributed by atoms with E-state index in [1.807, 2.05) is 60.8 Å². The molecule has 0 atom stereocenters. The van der Waals surface area contributed by atoms with Gasteiger partial charge in [0.25, 0.3) is 0 Å². The molecule has 0 saturated heterocycles. The number of nitrogens with zero attached hydrogens (tertiary/aromatic N) is 2. The molecule has 0 aliphatic heterocycles. The van der Waals surface area contributed by atoms with E-state index in [9.17, 15) is 4.79 Å². The quantitative estimate of drug-likeness (QED) is 0.591. The number of aryl methyl sites for hydroxylation is 1. The van der Waals surface area contributed by atoms with Crippen LogP contribution in [0.3, 0.4) is 0 Å². The third kappa shape index (κ3) is 3.16. The normalized spacial score (nSPS) is 10.9. The van der Waals surface area contributed by atoms with Crippen molar-refractivity contribution in [2.45, 2.75) is 13.3 Å². The lowest BCUT2D eigenvalue weighted by atomic mass is 10.1. The molecule has 4 rings (SSSR count). The van der Waals surface area contributed by atoms with Gasteiger partial charge in [0.05, 0.1) is 22.8 Å². The maximum atomic E-state index is 12.5. The highest BCUT2D eigenvalue weighted by atomic mass is 32.1. The number of benzene rings is 2. The van der Waals surface area contributed by atoms with Crippen LogP contribution < -0.4 is 5.32 Å². The van der Waals surface area contributed by atoms with Gasteiger partial charge in [0.2, 0.25) is 5.91 Å². The summed E-state index contributed by atoms with van der Waals surface area (Å²) in [7, 11) is 0. The van der Waals surface area contributed by atoms with E-state index in [0.29, 0.717) is 11.3 Å². The fourth-order valence-electron chi connectivity index (χ4n) is 2.71. The van der Waals surface area contributed by atoms with Crippen LogP contribution in [0.15, 0.2) is 58.4 Å². The molecule has 0 bridgehead atoms. The van der Waals surface area contributed by atoms with Crippen molar-refractivity contribution in [3.63, 3.8) is 0 Å². The zero-order chi connectivity index (χ0) is 17.2. The summed E-state index contributed by atoms with van der Waals surface area (Å²) < 4.78 is 5.26. The van der Waals surface area contributed by atoms with Crippen LogP contribution in [0.1, 0.15) is 10.7 Å². The molecule has 0 radical (unpaired) electrons. The lowest BCUT2D eigenvalue weighted by molar-refractivity contribution is -0.115. The van der Waals surface area contributed by atoms with Crippen LogP contribution in [0.25, 0.3) is 22.2 Å². The number of fused-ring (bicyclic) bond motifs is 1. The average Bonchev–Trinajstić information content (AvgIpc) is 3.22. The molecule has 1 N–H and O–H groups in total. The number of aromatic nitrogens is 2. The standard InChI is InChI=1S/C19H15N3O2S/c1-12-20-17(11-25-12)13-6-2-4-8-15(13)21-19(23)10-16-14-7-3-5-9-18(14)24-22-16/h2-9,11H,10H2,1H3,(H,21,23). The van der Waals surface area contributed by atoms with Gasteiger partial charge in [0.15, 0.2) is 5.58 Å². The maximum absolute atomic E-state index is 12.5. The summed E-state index contributed by atoms with van der Waals surface area (Å²) in [6.07, 6.45) is 0.154. The molecule has 124 valence electrons. The van der Waals surface area contributed by atoms with Crippen LogP contribution in [0.2, 0.25) is 0 Å². The molecule has 2 aromatic heterocycles. The zero-order valence-corrected chi connectivity index (χ0v) is 14.3. The van der Waals surface area contributed by atoms with E-state index in [0.717, 1.165) is 27.3 Å². The first-order chi connectivity index (χ1) is 12.2. The maximum Gasteiger partial charge on any atom is 0.230 e. The first-order valence-electron chi connectivity index (χ1n) is 7.85. The Morgan fingerprint density at radius 2 is 1.96 bits per heavy atom. The number of hydrogen-bond acceptors (Lipinski definition) is 5. The highest BCUT2D eigenvalue weighted by Gasteiger charge is 2.14. The van der Waals surface area contributed by atoms with Crippen LogP contribution in [0.4, 0.5) is 5.69 Å². The minimum atomic E-state index is -0.140. The fourth-order valence-corrected chi connectivity index (χ4v) is 3.33. The molecule has 0 fully saturated rings.